The zero-order valence-corrected chi connectivity index (χ0v) is 15.7. The van der Waals surface area contributed by atoms with E-state index in [0.29, 0.717) is 12.1 Å². The van der Waals surface area contributed by atoms with Gasteiger partial charge < -0.3 is 5.32 Å². The summed E-state index contributed by atoms with van der Waals surface area (Å²) in [6.07, 6.45) is -7.21. The normalized spacial score (nSPS) is 13.2. The number of benzene rings is 2. The zero-order valence-electron chi connectivity index (χ0n) is 15.7. The molecule has 2 aromatic rings. The van der Waals surface area contributed by atoms with Gasteiger partial charge >= 0.3 is 12.2 Å². The van der Waals surface area contributed by atoms with Crippen LogP contribution in [0.5, 0.6) is 0 Å². The highest BCUT2D eigenvalue weighted by Crippen LogP contribution is 2.30. The summed E-state index contributed by atoms with van der Waals surface area (Å²) >= 11 is 0. The van der Waals surface area contributed by atoms with E-state index >= 15 is 0 Å². The molecule has 0 aromatic heterocycles. The van der Waals surface area contributed by atoms with Gasteiger partial charge in [0.25, 0.3) is 5.78 Å². The molecule has 1 amide bonds. The number of ketones is 1. The number of nitrogens with one attached hydrogen (secondary N) is 1. The van der Waals surface area contributed by atoms with Crippen molar-refractivity contribution >= 4 is 11.7 Å². The molecule has 0 saturated carbocycles. The number of Topliss-reactive ketones (excluding diaryl/α,β-unsaturated/α-hetero) is 1. The summed E-state index contributed by atoms with van der Waals surface area (Å²) in [7, 11) is 0. The number of carbonyl (C=O) groups is 2. The Balaban J connectivity index is 2.47. The number of nitrogens with zero attached hydrogens (tertiary/aromatic N) is 1. The molecule has 1 atom stereocenters. The molecule has 0 aliphatic heterocycles. The van der Waals surface area contributed by atoms with Crippen LogP contribution in [0.3, 0.4) is 0 Å². The molecule has 0 saturated heterocycles. The molecule has 0 spiro atoms. The van der Waals surface area contributed by atoms with Gasteiger partial charge in [0.05, 0.1) is 17.8 Å². The standard InChI is InChI=1S/C19H13F9N2O2/c20-13-3-1-10(2-4-13)16(29-15(31)5-6-18(22,23)24)11-7-12(9-14(21)8-11)17(32)19(25,26)30(27)28/h1-4,7-9,16H,5-6H2,(H,29,31). The van der Waals surface area contributed by atoms with Crippen molar-refractivity contribution in [3.05, 3.63) is 70.8 Å². The molecule has 0 aliphatic rings. The smallest absolute Gasteiger partial charge is 0.345 e. The second-order valence-electron chi connectivity index (χ2n) is 6.54. The predicted octanol–water partition coefficient (Wildman–Crippen LogP) is 5.36. The van der Waals surface area contributed by atoms with E-state index < -0.39 is 70.9 Å². The third-order valence-electron chi connectivity index (χ3n) is 4.15. The number of hydrogen-bond donors (Lipinski definition) is 1. The van der Waals surface area contributed by atoms with Crippen LogP contribution < -0.4 is 5.32 Å². The quantitative estimate of drug-likeness (QED) is 0.244. The first-order valence-electron chi connectivity index (χ1n) is 8.67. The summed E-state index contributed by atoms with van der Waals surface area (Å²) in [5.41, 5.74) is -1.64. The van der Waals surface area contributed by atoms with E-state index in [1.807, 2.05) is 0 Å². The van der Waals surface area contributed by atoms with Gasteiger partial charge in [0.15, 0.2) is 0 Å². The first kappa shape index (κ1) is 25.2. The van der Waals surface area contributed by atoms with Crippen LogP contribution in [-0.2, 0) is 4.79 Å². The Kier molecular flexibility index (Phi) is 7.54. The van der Waals surface area contributed by atoms with Gasteiger partial charge in [-0.15, -0.1) is 0 Å². The number of hydrogen-bond acceptors (Lipinski definition) is 3. The van der Waals surface area contributed by atoms with E-state index in [2.05, 4.69) is 5.32 Å². The minimum absolute atomic E-state index is 0.0138. The summed E-state index contributed by atoms with van der Waals surface area (Å²) in [4.78, 5) is 23.7. The Morgan fingerprint density at radius 3 is 2.00 bits per heavy atom. The van der Waals surface area contributed by atoms with Crippen LogP contribution in [0.2, 0.25) is 0 Å². The Morgan fingerprint density at radius 2 is 1.47 bits per heavy atom. The lowest BCUT2D eigenvalue weighted by molar-refractivity contribution is -0.304. The van der Waals surface area contributed by atoms with Crippen molar-refractivity contribution in [3.63, 3.8) is 0 Å². The van der Waals surface area contributed by atoms with Gasteiger partial charge in [-0.3, -0.25) is 9.59 Å². The van der Waals surface area contributed by atoms with Gasteiger partial charge in [-0.2, -0.15) is 22.0 Å². The van der Waals surface area contributed by atoms with Gasteiger partial charge in [-0.05, 0) is 41.5 Å². The van der Waals surface area contributed by atoms with Gasteiger partial charge in [0.1, 0.15) is 11.6 Å². The van der Waals surface area contributed by atoms with Crippen molar-refractivity contribution in [3.8, 4) is 0 Å². The van der Waals surface area contributed by atoms with Crippen molar-refractivity contribution in [2.24, 2.45) is 0 Å². The molecule has 0 bridgehead atoms. The lowest BCUT2D eigenvalue weighted by Crippen LogP contribution is -2.39. The van der Waals surface area contributed by atoms with Crippen LogP contribution in [0.4, 0.5) is 39.7 Å². The van der Waals surface area contributed by atoms with Crippen LogP contribution in [0.1, 0.15) is 40.4 Å². The molecule has 32 heavy (non-hydrogen) atoms. The molecular formula is C19H13F9N2O2. The minimum Gasteiger partial charge on any atom is -0.345 e. The Hall–Kier alpha value is -3.09. The number of rotatable bonds is 8. The molecular weight excluding hydrogens is 459 g/mol. The van der Waals surface area contributed by atoms with E-state index in [4.69, 9.17) is 0 Å². The van der Waals surface area contributed by atoms with Gasteiger partial charge in [-0.25, -0.2) is 8.78 Å². The van der Waals surface area contributed by atoms with Crippen LogP contribution in [0.25, 0.3) is 0 Å². The largest absolute Gasteiger partial charge is 0.420 e. The molecule has 2 rings (SSSR count). The van der Waals surface area contributed by atoms with E-state index in [1.54, 1.807) is 0 Å². The van der Waals surface area contributed by atoms with E-state index in [9.17, 15) is 49.3 Å². The van der Waals surface area contributed by atoms with Crippen molar-refractivity contribution in [1.82, 2.24) is 10.7 Å². The molecule has 0 heterocycles. The topological polar surface area (TPSA) is 49.4 Å². The summed E-state index contributed by atoms with van der Waals surface area (Å²) in [6, 6.07) is -1.42. The Morgan fingerprint density at radius 1 is 0.875 bits per heavy atom. The minimum atomic E-state index is -5.30. The summed E-state index contributed by atoms with van der Waals surface area (Å²) in [5, 5.41) is -0.559. The van der Waals surface area contributed by atoms with Crippen LogP contribution in [-0.4, -0.2) is 29.3 Å². The lowest BCUT2D eigenvalue weighted by Gasteiger charge is -2.22. The van der Waals surface area contributed by atoms with Gasteiger partial charge in [0, 0.05) is 12.0 Å². The first-order valence-corrected chi connectivity index (χ1v) is 8.67. The molecule has 0 aliphatic carbocycles. The molecule has 174 valence electrons. The Labute approximate surface area is 174 Å². The monoisotopic (exact) mass is 472 g/mol. The molecule has 1 unspecified atom stereocenters. The Bertz CT molecular complexity index is 976. The lowest BCUT2D eigenvalue weighted by atomic mass is 9.95. The SMILES string of the molecule is O=C(CCC(F)(F)F)NC(c1ccc(F)cc1)c1cc(F)cc(C(=O)C(F)(F)N(F)F)c1. The average Bonchev–Trinajstić information content (AvgIpc) is 2.69. The maximum Gasteiger partial charge on any atom is 0.420 e. The van der Waals surface area contributed by atoms with Crippen LogP contribution >= 0.6 is 0 Å². The van der Waals surface area contributed by atoms with E-state index in [1.165, 1.54) is 0 Å². The highest BCUT2D eigenvalue weighted by Gasteiger charge is 2.48. The average molecular weight is 472 g/mol. The fourth-order valence-corrected chi connectivity index (χ4v) is 2.66. The number of carbonyl (C=O) groups excluding carboxylic acids is 2. The van der Waals surface area contributed by atoms with E-state index in [0.717, 1.165) is 24.3 Å². The van der Waals surface area contributed by atoms with Crippen LogP contribution in [0, 0.1) is 11.6 Å². The van der Waals surface area contributed by atoms with Crippen LogP contribution in [0.15, 0.2) is 42.5 Å². The van der Waals surface area contributed by atoms with Crippen molar-refractivity contribution in [2.75, 3.05) is 0 Å². The highest BCUT2D eigenvalue weighted by molar-refractivity contribution is 6.01. The maximum atomic E-state index is 14.0. The fraction of sp³-hybridized carbons (Fsp3) is 0.263. The molecule has 4 nitrogen and oxygen atoms in total. The number of amides is 1. The summed E-state index contributed by atoms with van der Waals surface area (Å²) in [6.45, 7) is 0. The molecule has 2 aromatic carbocycles. The third kappa shape index (κ3) is 6.45. The second kappa shape index (κ2) is 9.59. The summed E-state index contributed by atoms with van der Waals surface area (Å²) in [5.74, 6) is -5.72. The maximum absolute atomic E-state index is 14.0. The highest BCUT2D eigenvalue weighted by atomic mass is 19.4. The molecule has 0 radical (unpaired) electrons. The van der Waals surface area contributed by atoms with Crippen molar-refractivity contribution in [1.29, 1.82) is 0 Å². The molecule has 1 N–H and O–H groups in total. The first-order chi connectivity index (χ1) is 14.7. The summed E-state index contributed by atoms with van der Waals surface area (Å²) < 4.78 is 116. The van der Waals surface area contributed by atoms with Gasteiger partial charge in [-0.1, -0.05) is 21.1 Å². The number of halogens is 9. The second-order valence-corrected chi connectivity index (χ2v) is 6.54. The van der Waals surface area contributed by atoms with Crippen molar-refractivity contribution in [2.45, 2.75) is 31.1 Å². The fourth-order valence-electron chi connectivity index (χ4n) is 2.66. The zero-order chi connectivity index (χ0) is 24.3. The van der Waals surface area contributed by atoms with E-state index in [-0.39, 0.29) is 11.6 Å². The van der Waals surface area contributed by atoms with Crippen molar-refractivity contribution < 1.29 is 49.3 Å². The number of alkyl halides is 5. The third-order valence-corrected chi connectivity index (χ3v) is 4.15. The molecule has 13 heteroatoms. The van der Waals surface area contributed by atoms with Gasteiger partial charge in [0.2, 0.25) is 5.91 Å². The molecule has 0 fully saturated rings. The predicted molar refractivity (Wildman–Crippen MR) is 91.4 cm³/mol.